The van der Waals surface area contributed by atoms with Crippen LogP contribution in [0.15, 0.2) is 0 Å². The molecule has 0 aromatic carbocycles. The molecule has 2 aliphatic heterocycles. The quantitative estimate of drug-likeness (QED) is 0.857. The smallest absolute Gasteiger partial charge is 0.293 e. The van der Waals surface area contributed by atoms with Gasteiger partial charge in [0.1, 0.15) is 5.82 Å². The van der Waals surface area contributed by atoms with Gasteiger partial charge in [-0.2, -0.15) is 0 Å². The molecular weight excluding hydrogens is 242 g/mol. The van der Waals surface area contributed by atoms with E-state index in [1.807, 2.05) is 11.8 Å². The third kappa shape index (κ3) is 2.63. The van der Waals surface area contributed by atoms with E-state index in [1.165, 1.54) is 25.9 Å². The van der Waals surface area contributed by atoms with Crippen LogP contribution in [0.2, 0.25) is 0 Å². The van der Waals surface area contributed by atoms with Crippen LogP contribution in [-0.2, 0) is 0 Å². The van der Waals surface area contributed by atoms with Crippen molar-refractivity contribution in [3.05, 3.63) is 11.6 Å². The number of rotatable bonds is 2. The Balaban J connectivity index is 1.56. The van der Waals surface area contributed by atoms with Gasteiger partial charge in [0.25, 0.3) is 5.91 Å². The summed E-state index contributed by atoms with van der Waals surface area (Å²) < 4.78 is 0. The van der Waals surface area contributed by atoms with Crippen molar-refractivity contribution >= 4 is 5.91 Å². The van der Waals surface area contributed by atoms with Crippen LogP contribution in [-0.4, -0.2) is 63.1 Å². The standard InChI is InChI=1S/C13H21N5O/c1-10-14-12(16-15-10)13(19)18-8-4-11(5-9-18)17-6-2-3-7-17/h11H,2-9H2,1H3,(H,14,15,16). The Morgan fingerprint density at radius 1 is 1.21 bits per heavy atom. The first-order valence-electron chi connectivity index (χ1n) is 7.16. The first-order valence-corrected chi connectivity index (χ1v) is 7.16. The summed E-state index contributed by atoms with van der Waals surface area (Å²) in [6.45, 7) is 5.93. The number of amides is 1. The molecule has 0 aliphatic carbocycles. The topological polar surface area (TPSA) is 65.1 Å². The van der Waals surface area contributed by atoms with Gasteiger partial charge in [0.05, 0.1) is 0 Å². The Bertz CT molecular complexity index is 444. The molecular formula is C13H21N5O. The van der Waals surface area contributed by atoms with Crippen LogP contribution in [0.3, 0.4) is 0 Å². The Kier molecular flexibility index (Phi) is 3.50. The lowest BCUT2D eigenvalue weighted by atomic mass is 10.0. The van der Waals surface area contributed by atoms with Crippen molar-refractivity contribution in [3.8, 4) is 0 Å². The van der Waals surface area contributed by atoms with E-state index in [1.54, 1.807) is 0 Å². The summed E-state index contributed by atoms with van der Waals surface area (Å²) in [5.74, 6) is 0.955. The zero-order chi connectivity index (χ0) is 13.2. The number of nitrogens with zero attached hydrogens (tertiary/aromatic N) is 4. The number of nitrogens with one attached hydrogen (secondary N) is 1. The zero-order valence-corrected chi connectivity index (χ0v) is 11.4. The highest BCUT2D eigenvalue weighted by atomic mass is 16.2. The van der Waals surface area contributed by atoms with Gasteiger partial charge in [0, 0.05) is 19.1 Å². The van der Waals surface area contributed by atoms with E-state index in [0.29, 0.717) is 17.7 Å². The summed E-state index contributed by atoms with van der Waals surface area (Å²) in [5.41, 5.74) is 0. The van der Waals surface area contributed by atoms with E-state index in [2.05, 4.69) is 20.1 Å². The van der Waals surface area contributed by atoms with Crippen LogP contribution in [0, 0.1) is 6.92 Å². The molecule has 3 heterocycles. The number of piperidine rings is 1. The molecule has 0 spiro atoms. The molecule has 1 aromatic heterocycles. The Hall–Kier alpha value is -1.43. The molecule has 0 saturated carbocycles. The lowest BCUT2D eigenvalue weighted by Gasteiger charge is -2.36. The molecule has 0 atom stereocenters. The molecule has 0 radical (unpaired) electrons. The molecule has 104 valence electrons. The molecule has 1 aromatic rings. The maximum atomic E-state index is 12.2. The lowest BCUT2D eigenvalue weighted by molar-refractivity contribution is 0.0633. The third-order valence-electron chi connectivity index (χ3n) is 4.20. The predicted octanol–water partition coefficient (Wildman–Crippen LogP) is 0.814. The summed E-state index contributed by atoms with van der Waals surface area (Å²) >= 11 is 0. The Labute approximate surface area is 113 Å². The monoisotopic (exact) mass is 263 g/mol. The van der Waals surface area contributed by atoms with Crippen molar-refractivity contribution in [1.29, 1.82) is 0 Å². The molecule has 3 rings (SSSR count). The van der Waals surface area contributed by atoms with Crippen LogP contribution in [0.1, 0.15) is 42.1 Å². The van der Waals surface area contributed by atoms with E-state index in [-0.39, 0.29) is 5.91 Å². The highest BCUT2D eigenvalue weighted by Gasteiger charge is 2.29. The maximum absolute atomic E-state index is 12.2. The van der Waals surface area contributed by atoms with E-state index >= 15 is 0 Å². The van der Waals surface area contributed by atoms with Gasteiger partial charge < -0.3 is 9.80 Å². The van der Waals surface area contributed by atoms with Gasteiger partial charge in [0.2, 0.25) is 5.82 Å². The second-order valence-corrected chi connectivity index (χ2v) is 5.51. The highest BCUT2D eigenvalue weighted by Crippen LogP contribution is 2.21. The van der Waals surface area contributed by atoms with Crippen LogP contribution < -0.4 is 0 Å². The normalized spacial score (nSPS) is 22.1. The molecule has 1 amide bonds. The number of carbonyl (C=O) groups excluding carboxylic acids is 1. The number of aromatic nitrogens is 3. The fourth-order valence-electron chi connectivity index (χ4n) is 3.12. The van der Waals surface area contributed by atoms with Gasteiger partial charge in [0.15, 0.2) is 0 Å². The van der Waals surface area contributed by atoms with E-state index in [9.17, 15) is 4.79 Å². The van der Waals surface area contributed by atoms with E-state index < -0.39 is 0 Å². The minimum absolute atomic E-state index is 0.0378. The molecule has 1 N–H and O–H groups in total. The number of carbonyl (C=O) groups is 1. The number of aryl methyl sites for hydroxylation is 1. The van der Waals surface area contributed by atoms with Crippen molar-refractivity contribution in [1.82, 2.24) is 25.0 Å². The number of H-pyrrole nitrogens is 1. The molecule has 19 heavy (non-hydrogen) atoms. The largest absolute Gasteiger partial charge is 0.336 e. The molecule has 0 bridgehead atoms. The molecule has 0 unspecified atom stereocenters. The average molecular weight is 263 g/mol. The number of aromatic amines is 1. The first-order chi connectivity index (χ1) is 9.24. The highest BCUT2D eigenvalue weighted by molar-refractivity contribution is 5.90. The van der Waals surface area contributed by atoms with Gasteiger partial charge in [-0.15, -0.1) is 5.10 Å². The zero-order valence-electron chi connectivity index (χ0n) is 11.4. The molecule has 2 aliphatic rings. The fraction of sp³-hybridized carbons (Fsp3) is 0.769. The summed E-state index contributed by atoms with van der Waals surface area (Å²) in [6, 6.07) is 0.667. The predicted molar refractivity (Wildman–Crippen MR) is 70.9 cm³/mol. The average Bonchev–Trinajstić information content (AvgIpc) is 3.09. The first kappa shape index (κ1) is 12.6. The van der Waals surface area contributed by atoms with Crippen molar-refractivity contribution in [2.45, 2.75) is 38.6 Å². The van der Waals surface area contributed by atoms with Crippen LogP contribution in [0.4, 0.5) is 0 Å². The SMILES string of the molecule is Cc1nc(C(=O)N2CCC(N3CCCC3)CC2)n[nH]1. The molecule has 2 fully saturated rings. The Morgan fingerprint density at radius 2 is 1.89 bits per heavy atom. The second-order valence-electron chi connectivity index (χ2n) is 5.51. The Morgan fingerprint density at radius 3 is 2.47 bits per heavy atom. The maximum Gasteiger partial charge on any atom is 0.293 e. The minimum atomic E-state index is -0.0378. The van der Waals surface area contributed by atoms with Gasteiger partial charge in [-0.25, -0.2) is 4.98 Å². The van der Waals surface area contributed by atoms with Crippen LogP contribution in [0.25, 0.3) is 0 Å². The number of hydrogen-bond donors (Lipinski definition) is 1. The summed E-state index contributed by atoms with van der Waals surface area (Å²) in [4.78, 5) is 20.8. The van der Waals surface area contributed by atoms with E-state index in [0.717, 1.165) is 25.9 Å². The van der Waals surface area contributed by atoms with Crippen molar-refractivity contribution in [2.24, 2.45) is 0 Å². The fourth-order valence-corrected chi connectivity index (χ4v) is 3.12. The summed E-state index contributed by atoms with van der Waals surface area (Å²) in [6.07, 6.45) is 4.81. The third-order valence-corrected chi connectivity index (χ3v) is 4.20. The van der Waals surface area contributed by atoms with Gasteiger partial charge >= 0.3 is 0 Å². The second kappa shape index (κ2) is 5.28. The molecule has 2 saturated heterocycles. The van der Waals surface area contributed by atoms with Crippen LogP contribution >= 0.6 is 0 Å². The van der Waals surface area contributed by atoms with Gasteiger partial charge in [-0.1, -0.05) is 0 Å². The van der Waals surface area contributed by atoms with Crippen molar-refractivity contribution < 1.29 is 4.79 Å². The van der Waals surface area contributed by atoms with Crippen LogP contribution in [0.5, 0.6) is 0 Å². The number of likely N-dealkylation sites (tertiary alicyclic amines) is 2. The molecule has 6 nitrogen and oxygen atoms in total. The van der Waals surface area contributed by atoms with Crippen molar-refractivity contribution in [2.75, 3.05) is 26.2 Å². The van der Waals surface area contributed by atoms with Crippen molar-refractivity contribution in [3.63, 3.8) is 0 Å². The summed E-state index contributed by atoms with van der Waals surface area (Å²) in [7, 11) is 0. The van der Waals surface area contributed by atoms with Gasteiger partial charge in [-0.05, 0) is 45.7 Å². The number of hydrogen-bond acceptors (Lipinski definition) is 4. The van der Waals surface area contributed by atoms with Gasteiger partial charge in [-0.3, -0.25) is 9.89 Å². The molecule has 6 heteroatoms. The summed E-state index contributed by atoms with van der Waals surface area (Å²) in [5, 5.41) is 6.67. The lowest BCUT2D eigenvalue weighted by Crippen LogP contribution is -2.46. The minimum Gasteiger partial charge on any atom is -0.336 e. The van der Waals surface area contributed by atoms with E-state index in [4.69, 9.17) is 0 Å².